The van der Waals surface area contributed by atoms with E-state index in [0.29, 0.717) is 6.54 Å². The summed E-state index contributed by atoms with van der Waals surface area (Å²) < 4.78 is 2.29. The minimum Gasteiger partial charge on any atom is -0.374 e. The van der Waals surface area contributed by atoms with Gasteiger partial charge in [0.15, 0.2) is 0 Å². The second kappa shape index (κ2) is 10.0. The molecule has 1 heterocycles. The Balaban J connectivity index is 1.43. The molecule has 1 aromatic heterocycles. The van der Waals surface area contributed by atoms with Gasteiger partial charge in [-0.3, -0.25) is 0 Å². The third kappa shape index (κ3) is 5.36. The topological polar surface area (TPSA) is 29.0 Å². The van der Waals surface area contributed by atoms with Gasteiger partial charge in [-0.2, -0.15) is 0 Å². The molecule has 3 aromatic carbocycles. The van der Waals surface area contributed by atoms with Gasteiger partial charge in [-0.1, -0.05) is 54.5 Å². The summed E-state index contributed by atoms with van der Waals surface area (Å²) in [4.78, 5) is 0. The molecule has 31 heavy (non-hydrogen) atoms. The van der Waals surface area contributed by atoms with Gasteiger partial charge in [0.1, 0.15) is 0 Å². The molecule has 0 aliphatic rings. The average Bonchev–Trinajstić information content (AvgIpc) is 3.14. The van der Waals surface area contributed by atoms with Crippen LogP contribution in [-0.2, 0) is 19.6 Å². The zero-order chi connectivity index (χ0) is 21.5. The summed E-state index contributed by atoms with van der Waals surface area (Å²) in [5.41, 5.74) is 7.26. The van der Waals surface area contributed by atoms with Crippen LogP contribution < -0.4 is 10.6 Å². The van der Waals surface area contributed by atoms with Gasteiger partial charge < -0.3 is 15.2 Å². The predicted molar refractivity (Wildman–Crippen MR) is 131 cm³/mol. The molecule has 0 saturated heterocycles. The Morgan fingerprint density at radius 2 is 1.68 bits per heavy atom. The Bertz CT molecular complexity index is 1210. The molecule has 4 rings (SSSR count). The number of benzene rings is 3. The van der Waals surface area contributed by atoms with E-state index in [2.05, 4.69) is 120 Å². The highest BCUT2D eigenvalue weighted by molar-refractivity contribution is 5.83. The lowest BCUT2D eigenvalue weighted by molar-refractivity contribution is 0.694. The van der Waals surface area contributed by atoms with Gasteiger partial charge in [0.25, 0.3) is 0 Å². The highest BCUT2D eigenvalue weighted by atomic mass is 15.0. The second-order valence-electron chi connectivity index (χ2n) is 7.78. The summed E-state index contributed by atoms with van der Waals surface area (Å²) in [5, 5.41) is 8.17. The van der Waals surface area contributed by atoms with E-state index >= 15 is 0 Å². The van der Waals surface area contributed by atoms with E-state index < -0.39 is 0 Å². The van der Waals surface area contributed by atoms with E-state index in [0.717, 1.165) is 31.0 Å². The molecule has 0 spiro atoms. The molecule has 2 N–H and O–H groups in total. The number of hydrogen-bond donors (Lipinski definition) is 2. The van der Waals surface area contributed by atoms with Crippen molar-refractivity contribution < 1.29 is 0 Å². The van der Waals surface area contributed by atoms with Gasteiger partial charge in [0.05, 0.1) is 12.2 Å². The largest absolute Gasteiger partial charge is 0.374 e. The summed E-state index contributed by atoms with van der Waals surface area (Å²) in [7, 11) is 0. The normalized spacial score (nSPS) is 10.6. The fourth-order valence-corrected chi connectivity index (χ4v) is 3.86. The van der Waals surface area contributed by atoms with Crippen LogP contribution in [0.4, 0.5) is 5.69 Å². The van der Waals surface area contributed by atoms with Crippen molar-refractivity contribution in [3.05, 3.63) is 101 Å². The van der Waals surface area contributed by atoms with Crippen molar-refractivity contribution in [3.63, 3.8) is 0 Å². The average molecular weight is 408 g/mol. The lowest BCUT2D eigenvalue weighted by Gasteiger charge is -2.07. The predicted octanol–water partition coefficient (Wildman–Crippen LogP) is 5.72. The molecule has 0 fully saturated rings. The maximum absolute atomic E-state index is 3.54. The zero-order valence-corrected chi connectivity index (χ0v) is 18.3. The minimum atomic E-state index is 0.628. The van der Waals surface area contributed by atoms with Crippen molar-refractivity contribution in [3.8, 4) is 11.8 Å². The van der Waals surface area contributed by atoms with E-state index in [1.807, 2.05) is 0 Å². The smallest absolute Gasteiger partial charge is 0.0931 e. The van der Waals surface area contributed by atoms with Gasteiger partial charge >= 0.3 is 0 Å². The molecule has 3 heteroatoms. The molecule has 4 aromatic rings. The number of nitrogens with zero attached hydrogens (tertiary/aromatic N) is 1. The summed E-state index contributed by atoms with van der Waals surface area (Å²) in [6, 6.07) is 27.8. The molecule has 0 amide bonds. The van der Waals surface area contributed by atoms with E-state index in [1.54, 1.807) is 0 Å². The quantitative estimate of drug-likeness (QED) is 0.384. The number of nitrogens with one attached hydrogen (secondary N) is 2. The van der Waals surface area contributed by atoms with Crippen LogP contribution in [0.1, 0.15) is 29.3 Å². The lowest BCUT2D eigenvalue weighted by atomic mass is 10.1. The van der Waals surface area contributed by atoms with Crippen molar-refractivity contribution in [1.82, 2.24) is 9.88 Å². The molecule has 0 saturated carbocycles. The second-order valence-corrected chi connectivity index (χ2v) is 7.78. The van der Waals surface area contributed by atoms with Crippen molar-refractivity contribution >= 4 is 16.6 Å². The summed E-state index contributed by atoms with van der Waals surface area (Å²) >= 11 is 0. The standard InChI is InChI=1S/C28H29N3/c1-3-31-27(13-8-16-30-26-12-7-9-22(2)17-26)19-25-18-24(14-15-28(25)31)21-29-20-23-10-5-4-6-11-23/h4-7,9-12,14-15,17-19,29-30H,3,16,20-21H2,1-2H3. The summed E-state index contributed by atoms with van der Waals surface area (Å²) in [6.45, 7) is 7.53. The number of aromatic nitrogens is 1. The Kier molecular flexibility index (Phi) is 6.72. The van der Waals surface area contributed by atoms with Crippen molar-refractivity contribution in [2.24, 2.45) is 0 Å². The number of anilines is 1. The minimum absolute atomic E-state index is 0.628. The van der Waals surface area contributed by atoms with Crippen LogP contribution in [0.2, 0.25) is 0 Å². The third-order valence-corrected chi connectivity index (χ3v) is 5.40. The highest BCUT2D eigenvalue weighted by Crippen LogP contribution is 2.21. The van der Waals surface area contributed by atoms with Crippen molar-refractivity contribution in [2.45, 2.75) is 33.5 Å². The fraction of sp³-hybridized carbons (Fsp3) is 0.214. The molecular weight excluding hydrogens is 378 g/mol. The molecule has 3 nitrogen and oxygen atoms in total. The van der Waals surface area contributed by atoms with Crippen LogP contribution >= 0.6 is 0 Å². The zero-order valence-electron chi connectivity index (χ0n) is 18.3. The van der Waals surface area contributed by atoms with Crippen LogP contribution in [0.25, 0.3) is 10.9 Å². The molecule has 0 bridgehead atoms. The Hall–Kier alpha value is -3.48. The Labute approximate surface area is 185 Å². The summed E-state index contributed by atoms with van der Waals surface area (Å²) in [6.07, 6.45) is 0. The monoisotopic (exact) mass is 407 g/mol. The Morgan fingerprint density at radius 3 is 2.48 bits per heavy atom. The van der Waals surface area contributed by atoms with Crippen LogP contribution in [0.15, 0.2) is 78.9 Å². The molecule has 0 atom stereocenters. The molecule has 156 valence electrons. The first-order valence-corrected chi connectivity index (χ1v) is 10.9. The SMILES string of the molecule is CCn1c(C#CCNc2cccc(C)c2)cc2cc(CNCc3ccccc3)ccc21. The van der Waals surface area contributed by atoms with Gasteiger partial charge in [-0.05, 0) is 66.8 Å². The number of hydrogen-bond acceptors (Lipinski definition) is 2. The maximum Gasteiger partial charge on any atom is 0.0931 e. The van der Waals surface area contributed by atoms with Crippen LogP contribution in [0.3, 0.4) is 0 Å². The highest BCUT2D eigenvalue weighted by Gasteiger charge is 2.06. The summed E-state index contributed by atoms with van der Waals surface area (Å²) in [5.74, 6) is 6.64. The van der Waals surface area contributed by atoms with Gasteiger partial charge in [-0.15, -0.1) is 0 Å². The number of fused-ring (bicyclic) bond motifs is 1. The molecule has 0 radical (unpaired) electrons. The number of rotatable bonds is 7. The van der Waals surface area contributed by atoms with E-state index in [-0.39, 0.29) is 0 Å². The first-order valence-electron chi connectivity index (χ1n) is 10.9. The van der Waals surface area contributed by atoms with Crippen LogP contribution in [-0.4, -0.2) is 11.1 Å². The van der Waals surface area contributed by atoms with Crippen LogP contribution in [0, 0.1) is 18.8 Å². The van der Waals surface area contributed by atoms with Gasteiger partial charge in [0, 0.05) is 36.2 Å². The molecule has 0 unspecified atom stereocenters. The maximum atomic E-state index is 3.54. The first kappa shape index (κ1) is 20.8. The molecule has 0 aliphatic carbocycles. The van der Waals surface area contributed by atoms with E-state index in [9.17, 15) is 0 Å². The van der Waals surface area contributed by atoms with Crippen molar-refractivity contribution in [2.75, 3.05) is 11.9 Å². The van der Waals surface area contributed by atoms with Crippen molar-refractivity contribution in [1.29, 1.82) is 0 Å². The molecular formula is C28H29N3. The lowest BCUT2D eigenvalue weighted by Crippen LogP contribution is -2.12. The molecule has 0 aliphatic heterocycles. The van der Waals surface area contributed by atoms with E-state index in [1.165, 1.54) is 27.6 Å². The Morgan fingerprint density at radius 1 is 0.839 bits per heavy atom. The first-order chi connectivity index (χ1) is 15.2. The van der Waals surface area contributed by atoms with Gasteiger partial charge in [-0.25, -0.2) is 0 Å². The fourth-order valence-electron chi connectivity index (χ4n) is 3.86. The number of aryl methyl sites for hydroxylation is 2. The van der Waals surface area contributed by atoms with E-state index in [4.69, 9.17) is 0 Å². The van der Waals surface area contributed by atoms with Crippen LogP contribution in [0.5, 0.6) is 0 Å². The van der Waals surface area contributed by atoms with Gasteiger partial charge in [0.2, 0.25) is 0 Å². The third-order valence-electron chi connectivity index (χ3n) is 5.40.